The van der Waals surface area contributed by atoms with Crippen LogP contribution < -0.4 is 0 Å². The smallest absolute Gasteiger partial charge is 0.240 e. The molecule has 0 unspecified atom stereocenters. The second-order valence-corrected chi connectivity index (χ2v) is 3.46. The average molecular weight is 305 g/mol. The maximum absolute atomic E-state index is 13.3. The fourth-order valence-corrected chi connectivity index (χ4v) is 1.45. The zero-order valence-electron chi connectivity index (χ0n) is 8.85. The van der Waals surface area contributed by atoms with Crippen LogP contribution in [-0.4, -0.2) is 4.57 Å². The van der Waals surface area contributed by atoms with Crippen molar-refractivity contribution in [3.8, 4) is 5.69 Å². The van der Waals surface area contributed by atoms with E-state index in [2.05, 4.69) is 0 Å². The number of aromatic nitrogens is 1. The first kappa shape index (κ1) is 14.3. The van der Waals surface area contributed by atoms with Gasteiger partial charge in [-0.05, 0) is 0 Å². The van der Waals surface area contributed by atoms with E-state index in [4.69, 9.17) is 0 Å². The summed E-state index contributed by atoms with van der Waals surface area (Å²) in [7, 11) is 0. The fourth-order valence-electron chi connectivity index (χ4n) is 1.45. The summed E-state index contributed by atoms with van der Waals surface area (Å²) < 4.78 is 116. The zero-order chi connectivity index (χ0) is 15.4. The summed E-state index contributed by atoms with van der Waals surface area (Å²) in [6.45, 7) is 0. The molecule has 0 aliphatic carbocycles. The van der Waals surface area contributed by atoms with Gasteiger partial charge in [0.05, 0.1) is 0 Å². The molecule has 1 nitrogen and oxygen atoms in total. The van der Waals surface area contributed by atoms with Crippen LogP contribution in [0.1, 0.15) is 0 Å². The van der Waals surface area contributed by atoms with Crippen molar-refractivity contribution in [2.75, 3.05) is 0 Å². The minimum atomic E-state index is -2.60. The van der Waals surface area contributed by atoms with Crippen LogP contribution in [0.25, 0.3) is 5.69 Å². The largest absolute Gasteiger partial charge is 0.251 e. The second kappa shape index (κ2) is 4.46. The standard InChI is InChI=1S/C10F9N/c11-1-2(12)4(14)8(5(15)3(1)13)20-9(18)6(16)7(17)10(20)19. The van der Waals surface area contributed by atoms with E-state index in [9.17, 15) is 39.5 Å². The predicted octanol–water partition coefficient (Wildman–Crippen LogP) is 3.73. The molecular weight excluding hydrogens is 305 g/mol. The molecule has 0 saturated heterocycles. The van der Waals surface area contributed by atoms with Gasteiger partial charge >= 0.3 is 0 Å². The normalized spacial score (nSPS) is 11.2. The molecule has 0 spiro atoms. The molecule has 0 saturated carbocycles. The van der Waals surface area contributed by atoms with Gasteiger partial charge in [0.2, 0.25) is 29.3 Å². The highest BCUT2D eigenvalue weighted by molar-refractivity contribution is 5.39. The molecule has 1 aromatic heterocycles. The van der Waals surface area contributed by atoms with Crippen LogP contribution in [0.5, 0.6) is 0 Å². The van der Waals surface area contributed by atoms with E-state index in [1.807, 2.05) is 0 Å². The fraction of sp³-hybridized carbons (Fsp3) is 0. The highest BCUT2D eigenvalue weighted by Gasteiger charge is 2.33. The van der Waals surface area contributed by atoms with E-state index in [0.29, 0.717) is 0 Å². The lowest BCUT2D eigenvalue weighted by Gasteiger charge is -2.09. The first-order chi connectivity index (χ1) is 9.20. The summed E-state index contributed by atoms with van der Waals surface area (Å²) in [5.41, 5.74) is -2.17. The van der Waals surface area contributed by atoms with Crippen molar-refractivity contribution >= 4 is 0 Å². The number of hydrogen-bond acceptors (Lipinski definition) is 0. The van der Waals surface area contributed by atoms with E-state index in [-0.39, 0.29) is 0 Å². The molecule has 0 aliphatic rings. The molecule has 2 rings (SSSR count). The van der Waals surface area contributed by atoms with E-state index < -0.39 is 62.9 Å². The number of nitrogens with zero attached hydrogens (tertiary/aromatic N) is 1. The summed E-state index contributed by atoms with van der Waals surface area (Å²) in [4.78, 5) is 0. The Hall–Kier alpha value is -2.13. The van der Waals surface area contributed by atoms with E-state index >= 15 is 0 Å². The van der Waals surface area contributed by atoms with E-state index in [1.165, 1.54) is 0 Å². The number of hydrogen-bond donors (Lipinski definition) is 0. The SMILES string of the molecule is Fc1c(F)c(F)c(-n2c(F)c(F)c(F)c2F)c(F)c1F. The lowest BCUT2D eigenvalue weighted by Crippen LogP contribution is -2.12. The van der Waals surface area contributed by atoms with Crippen LogP contribution in [0.2, 0.25) is 0 Å². The third-order valence-corrected chi connectivity index (χ3v) is 2.36. The van der Waals surface area contributed by atoms with Gasteiger partial charge in [-0.1, -0.05) is 0 Å². The summed E-state index contributed by atoms with van der Waals surface area (Å²) in [5.74, 6) is -22.8. The summed E-state index contributed by atoms with van der Waals surface area (Å²) >= 11 is 0. The average Bonchev–Trinajstić information content (AvgIpc) is 2.61. The molecule has 0 fully saturated rings. The quantitative estimate of drug-likeness (QED) is 0.430. The van der Waals surface area contributed by atoms with Crippen LogP contribution >= 0.6 is 0 Å². The molecule has 1 aromatic carbocycles. The van der Waals surface area contributed by atoms with Crippen LogP contribution in [0.3, 0.4) is 0 Å². The Morgan fingerprint density at radius 2 is 0.700 bits per heavy atom. The van der Waals surface area contributed by atoms with Gasteiger partial charge in [-0.2, -0.15) is 17.6 Å². The molecule has 0 atom stereocenters. The highest BCUT2D eigenvalue weighted by Crippen LogP contribution is 2.30. The molecule has 0 bridgehead atoms. The van der Waals surface area contributed by atoms with Crippen molar-refractivity contribution in [2.24, 2.45) is 0 Å². The van der Waals surface area contributed by atoms with Gasteiger partial charge in [-0.3, -0.25) is 4.57 Å². The maximum atomic E-state index is 13.3. The number of benzene rings is 1. The Morgan fingerprint density at radius 3 is 1.05 bits per heavy atom. The molecule has 108 valence electrons. The molecule has 0 N–H and O–H groups in total. The Labute approximate surface area is 103 Å². The molecule has 0 aliphatic heterocycles. The third-order valence-electron chi connectivity index (χ3n) is 2.36. The van der Waals surface area contributed by atoms with Crippen molar-refractivity contribution in [3.63, 3.8) is 0 Å². The summed E-state index contributed by atoms with van der Waals surface area (Å²) in [5, 5.41) is 0. The van der Waals surface area contributed by atoms with Gasteiger partial charge in [0.25, 0.3) is 0 Å². The Morgan fingerprint density at radius 1 is 0.400 bits per heavy atom. The van der Waals surface area contributed by atoms with E-state index in [1.54, 1.807) is 0 Å². The van der Waals surface area contributed by atoms with Crippen molar-refractivity contribution in [1.29, 1.82) is 0 Å². The summed E-state index contributed by atoms with van der Waals surface area (Å²) in [6, 6.07) is 0. The van der Waals surface area contributed by atoms with Gasteiger partial charge in [0, 0.05) is 0 Å². The molecule has 0 radical (unpaired) electrons. The first-order valence-electron chi connectivity index (χ1n) is 4.62. The Kier molecular flexibility index (Phi) is 3.18. The van der Waals surface area contributed by atoms with Gasteiger partial charge in [-0.25, -0.2) is 22.0 Å². The molecule has 2 aromatic rings. The van der Waals surface area contributed by atoms with Gasteiger partial charge < -0.3 is 0 Å². The van der Waals surface area contributed by atoms with Crippen LogP contribution in [0, 0.1) is 52.6 Å². The number of halogens is 9. The zero-order valence-corrected chi connectivity index (χ0v) is 8.85. The Balaban J connectivity index is 2.95. The minimum absolute atomic E-state index is 1.03. The van der Waals surface area contributed by atoms with Crippen molar-refractivity contribution in [3.05, 3.63) is 52.6 Å². The highest BCUT2D eigenvalue weighted by atomic mass is 19.2. The van der Waals surface area contributed by atoms with Gasteiger partial charge in [0.1, 0.15) is 5.69 Å². The number of rotatable bonds is 1. The maximum Gasteiger partial charge on any atom is 0.240 e. The molecule has 0 amide bonds. The minimum Gasteiger partial charge on any atom is -0.251 e. The molecule has 20 heavy (non-hydrogen) atoms. The van der Waals surface area contributed by atoms with Gasteiger partial charge in [-0.15, -0.1) is 0 Å². The predicted molar refractivity (Wildman–Crippen MR) is 45.4 cm³/mol. The lowest BCUT2D eigenvalue weighted by molar-refractivity contribution is 0.364. The van der Waals surface area contributed by atoms with Crippen molar-refractivity contribution < 1.29 is 39.5 Å². The monoisotopic (exact) mass is 305 g/mol. The second-order valence-electron chi connectivity index (χ2n) is 3.46. The molecule has 1 heterocycles. The lowest BCUT2D eigenvalue weighted by atomic mass is 10.2. The molecule has 10 heteroatoms. The molecular formula is C10F9N. The first-order valence-corrected chi connectivity index (χ1v) is 4.62. The Bertz CT molecular complexity index is 664. The topological polar surface area (TPSA) is 4.93 Å². The van der Waals surface area contributed by atoms with Crippen molar-refractivity contribution in [1.82, 2.24) is 4.57 Å². The van der Waals surface area contributed by atoms with Crippen LogP contribution in [-0.2, 0) is 0 Å². The third kappa shape index (κ3) is 1.67. The van der Waals surface area contributed by atoms with Crippen LogP contribution in [0.4, 0.5) is 39.5 Å². The van der Waals surface area contributed by atoms with Gasteiger partial charge in [0.15, 0.2) is 23.3 Å². The van der Waals surface area contributed by atoms with Crippen LogP contribution in [0.15, 0.2) is 0 Å². The van der Waals surface area contributed by atoms with E-state index in [0.717, 1.165) is 0 Å². The van der Waals surface area contributed by atoms with Crippen molar-refractivity contribution in [2.45, 2.75) is 0 Å². The summed E-state index contributed by atoms with van der Waals surface area (Å²) in [6.07, 6.45) is 0.